The number of rotatable bonds is 3. The minimum absolute atomic E-state index is 0.337. The van der Waals surface area contributed by atoms with Crippen LogP contribution in [0.25, 0.3) is 28.7 Å². The SMILES string of the molecule is Cc1c(-c2nnc(-c3cccnc3)o2)nnn1-c1ccccc1. The summed E-state index contributed by atoms with van der Waals surface area (Å²) in [7, 11) is 0. The maximum Gasteiger partial charge on any atom is 0.270 e. The average Bonchev–Trinajstić information content (AvgIpc) is 3.23. The third-order valence-electron chi connectivity index (χ3n) is 3.43. The molecular formula is C16H12N6O. The number of aromatic nitrogens is 6. The monoisotopic (exact) mass is 304 g/mol. The van der Waals surface area contributed by atoms with Crippen molar-refractivity contribution in [3.05, 3.63) is 60.6 Å². The molecule has 0 radical (unpaired) electrons. The molecule has 4 aromatic rings. The molecule has 0 saturated carbocycles. The Morgan fingerprint density at radius 2 is 1.74 bits per heavy atom. The molecule has 7 nitrogen and oxygen atoms in total. The van der Waals surface area contributed by atoms with E-state index in [2.05, 4.69) is 25.5 Å². The number of nitrogens with zero attached hydrogens (tertiary/aromatic N) is 6. The first-order valence-corrected chi connectivity index (χ1v) is 7.05. The molecule has 0 atom stereocenters. The van der Waals surface area contributed by atoms with Crippen molar-refractivity contribution in [3.63, 3.8) is 0 Å². The molecule has 0 fully saturated rings. The Labute approximate surface area is 131 Å². The van der Waals surface area contributed by atoms with Gasteiger partial charge in [0.05, 0.1) is 16.9 Å². The largest absolute Gasteiger partial charge is 0.414 e. The lowest BCUT2D eigenvalue weighted by molar-refractivity contribution is 0.581. The van der Waals surface area contributed by atoms with E-state index in [9.17, 15) is 0 Å². The molecule has 0 amide bonds. The smallest absolute Gasteiger partial charge is 0.270 e. The van der Waals surface area contributed by atoms with Crippen molar-refractivity contribution >= 4 is 0 Å². The average molecular weight is 304 g/mol. The molecule has 0 aliphatic heterocycles. The molecule has 3 heterocycles. The van der Waals surface area contributed by atoms with Crippen molar-refractivity contribution in [2.75, 3.05) is 0 Å². The zero-order chi connectivity index (χ0) is 15.6. The normalized spacial score (nSPS) is 10.8. The van der Waals surface area contributed by atoms with Gasteiger partial charge < -0.3 is 4.42 Å². The highest BCUT2D eigenvalue weighted by Crippen LogP contribution is 2.25. The summed E-state index contributed by atoms with van der Waals surface area (Å²) in [4.78, 5) is 4.04. The summed E-state index contributed by atoms with van der Waals surface area (Å²) >= 11 is 0. The second kappa shape index (κ2) is 5.45. The van der Waals surface area contributed by atoms with E-state index in [0.29, 0.717) is 17.5 Å². The Kier molecular flexibility index (Phi) is 3.16. The number of para-hydroxylation sites is 1. The molecule has 23 heavy (non-hydrogen) atoms. The van der Waals surface area contributed by atoms with E-state index in [4.69, 9.17) is 4.42 Å². The van der Waals surface area contributed by atoms with Crippen LogP contribution in [0.1, 0.15) is 5.69 Å². The van der Waals surface area contributed by atoms with Crippen LogP contribution in [0.2, 0.25) is 0 Å². The predicted octanol–water partition coefficient (Wildman–Crippen LogP) is 2.69. The molecule has 0 spiro atoms. The van der Waals surface area contributed by atoms with Gasteiger partial charge in [0.15, 0.2) is 5.69 Å². The van der Waals surface area contributed by atoms with Gasteiger partial charge in [0.25, 0.3) is 5.89 Å². The Hall–Kier alpha value is -3.35. The quantitative estimate of drug-likeness (QED) is 0.578. The maximum atomic E-state index is 5.71. The van der Waals surface area contributed by atoms with Crippen molar-refractivity contribution < 1.29 is 4.42 Å². The standard InChI is InChI=1S/C16H12N6O/c1-11-14(18-21-22(11)13-7-3-2-4-8-13)16-20-19-15(23-16)12-6-5-9-17-10-12/h2-10H,1H3. The van der Waals surface area contributed by atoms with E-state index in [-0.39, 0.29) is 0 Å². The fourth-order valence-electron chi connectivity index (χ4n) is 2.27. The Balaban J connectivity index is 1.73. The van der Waals surface area contributed by atoms with Gasteiger partial charge in [-0.05, 0) is 31.2 Å². The van der Waals surface area contributed by atoms with Crippen LogP contribution in [-0.4, -0.2) is 30.2 Å². The zero-order valence-corrected chi connectivity index (χ0v) is 12.3. The molecule has 0 N–H and O–H groups in total. The molecule has 0 aliphatic rings. The van der Waals surface area contributed by atoms with Crippen LogP contribution < -0.4 is 0 Å². The first-order chi connectivity index (χ1) is 11.3. The van der Waals surface area contributed by atoms with Crippen molar-refractivity contribution in [1.82, 2.24) is 30.2 Å². The minimum Gasteiger partial charge on any atom is -0.414 e. The van der Waals surface area contributed by atoms with E-state index in [1.807, 2.05) is 49.4 Å². The second-order valence-electron chi connectivity index (χ2n) is 4.92. The van der Waals surface area contributed by atoms with Crippen molar-refractivity contribution in [2.45, 2.75) is 6.92 Å². The van der Waals surface area contributed by atoms with Crippen LogP contribution in [0, 0.1) is 6.92 Å². The summed E-state index contributed by atoms with van der Waals surface area (Å²) in [5.41, 5.74) is 3.09. The van der Waals surface area contributed by atoms with Gasteiger partial charge in [0, 0.05) is 12.4 Å². The van der Waals surface area contributed by atoms with Crippen LogP contribution in [0.4, 0.5) is 0 Å². The number of hydrogen-bond donors (Lipinski definition) is 0. The Bertz CT molecular complexity index is 930. The molecule has 4 rings (SSSR count). The third kappa shape index (κ3) is 2.38. The van der Waals surface area contributed by atoms with Crippen molar-refractivity contribution in [3.8, 4) is 28.7 Å². The van der Waals surface area contributed by atoms with Crippen molar-refractivity contribution in [1.29, 1.82) is 0 Å². The molecular weight excluding hydrogens is 292 g/mol. The topological polar surface area (TPSA) is 82.5 Å². The highest BCUT2D eigenvalue weighted by Gasteiger charge is 2.18. The number of pyridine rings is 1. The molecule has 0 saturated heterocycles. The summed E-state index contributed by atoms with van der Waals surface area (Å²) in [6.45, 7) is 1.91. The molecule has 0 bridgehead atoms. The Morgan fingerprint density at radius 3 is 2.52 bits per heavy atom. The number of benzene rings is 1. The van der Waals surface area contributed by atoms with Gasteiger partial charge in [-0.1, -0.05) is 23.4 Å². The van der Waals surface area contributed by atoms with Gasteiger partial charge >= 0.3 is 0 Å². The lowest BCUT2D eigenvalue weighted by Gasteiger charge is -2.01. The Morgan fingerprint density at radius 1 is 0.913 bits per heavy atom. The zero-order valence-electron chi connectivity index (χ0n) is 12.3. The highest BCUT2D eigenvalue weighted by atomic mass is 16.4. The van der Waals surface area contributed by atoms with E-state index in [0.717, 1.165) is 16.9 Å². The summed E-state index contributed by atoms with van der Waals surface area (Å²) < 4.78 is 7.45. The van der Waals surface area contributed by atoms with Gasteiger partial charge in [-0.15, -0.1) is 15.3 Å². The summed E-state index contributed by atoms with van der Waals surface area (Å²) in [6, 6.07) is 13.4. The fraction of sp³-hybridized carbons (Fsp3) is 0.0625. The van der Waals surface area contributed by atoms with E-state index in [1.165, 1.54) is 0 Å². The van der Waals surface area contributed by atoms with Gasteiger partial charge in [0.2, 0.25) is 5.89 Å². The van der Waals surface area contributed by atoms with E-state index < -0.39 is 0 Å². The van der Waals surface area contributed by atoms with Crippen LogP contribution in [0.15, 0.2) is 59.3 Å². The lowest BCUT2D eigenvalue weighted by atomic mass is 10.3. The molecule has 0 unspecified atom stereocenters. The van der Waals surface area contributed by atoms with Gasteiger partial charge in [0.1, 0.15) is 0 Å². The molecule has 7 heteroatoms. The van der Waals surface area contributed by atoms with Crippen LogP contribution >= 0.6 is 0 Å². The fourth-order valence-corrected chi connectivity index (χ4v) is 2.27. The van der Waals surface area contributed by atoms with Crippen LogP contribution in [0.5, 0.6) is 0 Å². The second-order valence-corrected chi connectivity index (χ2v) is 4.92. The van der Waals surface area contributed by atoms with Gasteiger partial charge in [-0.25, -0.2) is 4.68 Å². The molecule has 3 aromatic heterocycles. The minimum atomic E-state index is 0.337. The molecule has 1 aromatic carbocycles. The summed E-state index contributed by atoms with van der Waals surface area (Å²) in [6.07, 6.45) is 3.36. The molecule has 0 aliphatic carbocycles. The summed E-state index contributed by atoms with van der Waals surface area (Å²) in [5.74, 6) is 0.741. The van der Waals surface area contributed by atoms with Crippen molar-refractivity contribution in [2.24, 2.45) is 0 Å². The van der Waals surface area contributed by atoms with E-state index in [1.54, 1.807) is 17.1 Å². The third-order valence-corrected chi connectivity index (χ3v) is 3.43. The van der Waals surface area contributed by atoms with Gasteiger partial charge in [-0.2, -0.15) is 0 Å². The molecule has 112 valence electrons. The van der Waals surface area contributed by atoms with Crippen LogP contribution in [-0.2, 0) is 0 Å². The lowest BCUT2D eigenvalue weighted by Crippen LogP contribution is -1.98. The summed E-state index contributed by atoms with van der Waals surface area (Å²) in [5, 5.41) is 16.5. The predicted molar refractivity (Wildman–Crippen MR) is 82.6 cm³/mol. The number of hydrogen-bond acceptors (Lipinski definition) is 6. The highest BCUT2D eigenvalue weighted by molar-refractivity contribution is 5.56. The first kappa shape index (κ1) is 13.3. The van der Waals surface area contributed by atoms with Gasteiger partial charge in [-0.3, -0.25) is 4.98 Å². The maximum absolute atomic E-state index is 5.71. The van der Waals surface area contributed by atoms with E-state index >= 15 is 0 Å². The first-order valence-electron chi connectivity index (χ1n) is 7.05. The van der Waals surface area contributed by atoms with Crippen LogP contribution in [0.3, 0.4) is 0 Å².